The number of alkyl halides is 3. The fraction of sp³-hybridized carbons (Fsp3) is 0.0222. The summed E-state index contributed by atoms with van der Waals surface area (Å²) in [4.78, 5) is 17.2. The summed E-state index contributed by atoms with van der Waals surface area (Å²) in [6, 6.07) is 27.8. The van der Waals surface area contributed by atoms with Crippen LogP contribution in [0.2, 0.25) is 0 Å². The molecule has 0 amide bonds. The van der Waals surface area contributed by atoms with E-state index in [1.807, 2.05) is 0 Å². The Morgan fingerprint density at radius 1 is 0.390 bits per heavy atom. The number of nitrogens with zero attached hydrogens (tertiary/aromatic N) is 6. The number of hydrogen-bond donors (Lipinski definition) is 0. The second-order valence-corrected chi connectivity index (χ2v) is 13.6. The first-order valence-electron chi connectivity index (χ1n) is 17.9. The van der Waals surface area contributed by atoms with E-state index in [0.717, 1.165) is 0 Å². The molecule has 0 saturated carbocycles. The fourth-order valence-corrected chi connectivity index (χ4v) is 7.84. The van der Waals surface area contributed by atoms with Crippen LogP contribution in [0.3, 0.4) is 0 Å². The van der Waals surface area contributed by atoms with Crippen molar-refractivity contribution in [2.45, 2.75) is 6.18 Å². The van der Waals surface area contributed by atoms with Crippen molar-refractivity contribution in [3.05, 3.63) is 169 Å². The van der Waals surface area contributed by atoms with Gasteiger partial charge in [-0.1, -0.05) is 60.7 Å². The smallest absolute Gasteiger partial charge is 0.308 e. The van der Waals surface area contributed by atoms with Gasteiger partial charge in [-0.25, -0.2) is 41.9 Å². The molecule has 59 heavy (non-hydrogen) atoms. The molecule has 0 bridgehead atoms. The third-order valence-corrected chi connectivity index (χ3v) is 10.4. The Morgan fingerprint density at radius 3 is 1.20 bits per heavy atom. The first-order valence-corrected chi connectivity index (χ1v) is 17.9. The van der Waals surface area contributed by atoms with Gasteiger partial charge in [-0.2, -0.15) is 13.2 Å². The summed E-state index contributed by atoms with van der Waals surface area (Å²) >= 11 is 0. The predicted molar refractivity (Wildman–Crippen MR) is 207 cm³/mol. The van der Waals surface area contributed by atoms with E-state index in [0.29, 0.717) is 44.8 Å². The van der Waals surface area contributed by atoms with Gasteiger partial charge in [0.25, 0.3) is 0 Å². The highest BCUT2D eigenvalue weighted by Crippen LogP contribution is 2.47. The van der Waals surface area contributed by atoms with Crippen LogP contribution in [0.5, 0.6) is 0 Å². The zero-order valence-electron chi connectivity index (χ0n) is 29.9. The summed E-state index contributed by atoms with van der Waals surface area (Å²) in [7, 11) is 0. The average Bonchev–Trinajstić information content (AvgIpc) is 3.77. The molecule has 6 nitrogen and oxygen atoms in total. The van der Waals surface area contributed by atoms with Crippen molar-refractivity contribution in [3.63, 3.8) is 0 Å². The van der Waals surface area contributed by atoms with Gasteiger partial charge < -0.3 is 9.13 Å². The molecular formula is C45H22F8N6. The average molecular weight is 799 g/mol. The summed E-state index contributed by atoms with van der Waals surface area (Å²) < 4.78 is 127. The molecule has 0 fully saturated rings. The second kappa shape index (κ2) is 13.3. The first kappa shape index (κ1) is 35.9. The maximum atomic E-state index is 16.5. The normalized spacial score (nSPS) is 12.1. The number of benzene rings is 6. The van der Waals surface area contributed by atoms with Gasteiger partial charge in [-0.05, 0) is 48.5 Å². The number of rotatable bonds is 5. The van der Waals surface area contributed by atoms with E-state index in [9.17, 15) is 4.39 Å². The van der Waals surface area contributed by atoms with Crippen LogP contribution >= 0.6 is 0 Å². The van der Waals surface area contributed by atoms with Crippen LogP contribution in [0.1, 0.15) is 5.56 Å². The van der Waals surface area contributed by atoms with Crippen molar-refractivity contribution in [3.8, 4) is 45.3 Å². The van der Waals surface area contributed by atoms with Gasteiger partial charge in [-0.15, -0.1) is 0 Å². The molecule has 0 aliphatic carbocycles. The molecule has 4 heterocycles. The number of fused-ring (bicyclic) bond motifs is 6. The Labute approximate surface area is 327 Å². The minimum Gasteiger partial charge on any atom is -0.308 e. The largest absolute Gasteiger partial charge is 0.416 e. The van der Waals surface area contributed by atoms with Crippen molar-refractivity contribution >= 4 is 43.6 Å². The van der Waals surface area contributed by atoms with E-state index in [2.05, 4.69) is 19.9 Å². The first-order chi connectivity index (χ1) is 28.5. The van der Waals surface area contributed by atoms with Gasteiger partial charge in [0, 0.05) is 63.0 Å². The zero-order valence-corrected chi connectivity index (χ0v) is 29.9. The number of aromatic nitrogens is 6. The maximum Gasteiger partial charge on any atom is 0.416 e. The highest BCUT2D eigenvalue weighted by atomic mass is 19.4. The molecule has 4 aromatic heterocycles. The maximum absolute atomic E-state index is 16.5. The van der Waals surface area contributed by atoms with Gasteiger partial charge in [0.1, 0.15) is 0 Å². The Bertz CT molecular complexity index is 3120. The van der Waals surface area contributed by atoms with Crippen LogP contribution in [-0.4, -0.2) is 29.1 Å². The lowest BCUT2D eigenvalue weighted by atomic mass is 9.96. The topological polar surface area (TPSA) is 61.4 Å². The molecule has 0 atom stereocenters. The molecular weight excluding hydrogens is 777 g/mol. The lowest BCUT2D eigenvalue weighted by Gasteiger charge is -2.23. The summed E-state index contributed by atoms with van der Waals surface area (Å²) in [5.41, 5.74) is -2.57. The van der Waals surface area contributed by atoms with E-state index in [4.69, 9.17) is 0 Å². The van der Waals surface area contributed by atoms with Gasteiger partial charge in [0.05, 0.1) is 44.6 Å². The number of halogens is 8. The lowest BCUT2D eigenvalue weighted by molar-refractivity contribution is -0.137. The molecule has 0 aliphatic heterocycles. The Balaban J connectivity index is 1.44. The Hall–Kier alpha value is -7.48. The van der Waals surface area contributed by atoms with Crippen molar-refractivity contribution in [1.29, 1.82) is 0 Å². The summed E-state index contributed by atoms with van der Waals surface area (Å²) in [5.74, 6) is -10.9. The van der Waals surface area contributed by atoms with Gasteiger partial charge in [-0.3, -0.25) is 0 Å². The number of hydrogen-bond acceptors (Lipinski definition) is 4. The standard InChI is InChI=1S/C45H22F8N6/c46-38-37(39(47)41(49)42(50)40(38)48)36-34(58-30-9-3-1-7-26(30)28-13-11-23(19-32(28)58)43-54-15-5-16-55-43)21-25(45(51,52)53)22-35(36)59-31-10-4-2-8-27(31)29-14-12-24(20-33(29)59)44-56-17-6-18-57-44/h1-22H. The summed E-state index contributed by atoms with van der Waals surface area (Å²) in [5, 5.41) is 2.06. The highest BCUT2D eigenvalue weighted by molar-refractivity contribution is 6.13. The predicted octanol–water partition coefficient (Wildman–Crippen LogP) is 12.2. The molecule has 0 aliphatic rings. The van der Waals surface area contributed by atoms with E-state index in [1.54, 1.807) is 97.1 Å². The highest BCUT2D eigenvalue weighted by Gasteiger charge is 2.37. The summed E-state index contributed by atoms with van der Waals surface area (Å²) in [6.45, 7) is 0. The van der Waals surface area contributed by atoms with Crippen molar-refractivity contribution in [2.75, 3.05) is 0 Å². The van der Waals surface area contributed by atoms with Crippen LogP contribution in [0.4, 0.5) is 35.1 Å². The monoisotopic (exact) mass is 798 g/mol. The van der Waals surface area contributed by atoms with E-state index < -0.39 is 63.3 Å². The van der Waals surface area contributed by atoms with Crippen LogP contribution in [0, 0.1) is 29.1 Å². The Morgan fingerprint density at radius 2 is 0.780 bits per heavy atom. The van der Waals surface area contributed by atoms with E-state index in [1.165, 1.54) is 33.9 Å². The van der Waals surface area contributed by atoms with E-state index >= 15 is 30.7 Å². The quantitative estimate of drug-likeness (QED) is 0.0988. The molecule has 0 spiro atoms. The molecule has 6 aromatic carbocycles. The SMILES string of the molecule is Fc1c(F)c(F)c(-c2c(-n3c4ccccc4c4ccc(-c5ncccn5)cc43)cc(C(F)(F)F)cc2-n2c3ccccc3c3ccc(-c4ncccn4)cc32)c(F)c1F. The number of para-hydroxylation sites is 2. The van der Waals surface area contributed by atoms with Crippen molar-refractivity contribution in [1.82, 2.24) is 29.1 Å². The molecule has 0 saturated heterocycles. The van der Waals surface area contributed by atoms with Gasteiger partial charge in [0.15, 0.2) is 34.9 Å². The molecule has 0 N–H and O–H groups in total. The zero-order chi connectivity index (χ0) is 40.7. The van der Waals surface area contributed by atoms with Crippen molar-refractivity contribution in [2.24, 2.45) is 0 Å². The minimum absolute atomic E-state index is 0.234. The molecule has 0 radical (unpaired) electrons. The van der Waals surface area contributed by atoms with Crippen LogP contribution in [-0.2, 0) is 6.18 Å². The minimum atomic E-state index is -5.08. The van der Waals surface area contributed by atoms with E-state index in [-0.39, 0.29) is 33.7 Å². The van der Waals surface area contributed by atoms with Gasteiger partial charge in [0.2, 0.25) is 5.82 Å². The molecule has 10 rings (SSSR count). The van der Waals surface area contributed by atoms with Crippen molar-refractivity contribution < 1.29 is 35.1 Å². The lowest BCUT2D eigenvalue weighted by Crippen LogP contribution is -2.13. The van der Waals surface area contributed by atoms with Crippen LogP contribution in [0.25, 0.3) is 88.9 Å². The molecule has 288 valence electrons. The third kappa shape index (κ3) is 5.54. The second-order valence-electron chi connectivity index (χ2n) is 13.6. The Kier molecular flexibility index (Phi) is 8.09. The third-order valence-electron chi connectivity index (χ3n) is 10.4. The van der Waals surface area contributed by atoms with Crippen LogP contribution in [0.15, 0.2) is 134 Å². The molecule has 14 heteroatoms. The fourth-order valence-electron chi connectivity index (χ4n) is 7.84. The molecule has 0 unspecified atom stereocenters. The van der Waals surface area contributed by atoms with Gasteiger partial charge >= 0.3 is 6.18 Å². The van der Waals surface area contributed by atoms with Crippen LogP contribution < -0.4 is 0 Å². The summed E-state index contributed by atoms with van der Waals surface area (Å²) in [6.07, 6.45) is 0.933. The molecule has 10 aromatic rings.